The summed E-state index contributed by atoms with van der Waals surface area (Å²) in [5.41, 5.74) is 0. The maximum Gasteiger partial charge on any atom is 0.123 e. The van der Waals surface area contributed by atoms with Crippen molar-refractivity contribution in [1.82, 2.24) is 9.13 Å². The molecule has 0 spiro atoms. The minimum Gasteiger partial charge on any atom is -0.327 e. The van der Waals surface area contributed by atoms with E-state index in [-0.39, 0.29) is 0 Å². The predicted octanol–water partition coefficient (Wildman–Crippen LogP) is 3.23. The van der Waals surface area contributed by atoms with Crippen molar-refractivity contribution in [1.29, 1.82) is 0 Å². The Morgan fingerprint density at radius 3 is 1.25 bits per heavy atom. The van der Waals surface area contributed by atoms with Crippen molar-refractivity contribution >= 4 is 16.5 Å². The first-order chi connectivity index (χ1) is 7.12. The van der Waals surface area contributed by atoms with Gasteiger partial charge in [-0.3, -0.25) is 0 Å². The molecule has 2 nitrogen and oxygen atoms in total. The summed E-state index contributed by atoms with van der Waals surface area (Å²) in [5.74, 6) is 0. The minimum atomic E-state index is -1.27. The van der Waals surface area contributed by atoms with Crippen molar-refractivity contribution in [3.63, 3.8) is 0 Å². The highest BCUT2D eigenvalue weighted by molar-refractivity contribution is 6.94. The summed E-state index contributed by atoms with van der Waals surface area (Å²) < 4.78 is 5.24. The van der Waals surface area contributed by atoms with Crippen LogP contribution in [0.5, 0.6) is 0 Å². The van der Waals surface area contributed by atoms with E-state index >= 15 is 0 Å². The Kier molecular flexibility index (Phi) is 5.93. The number of nitrogens with zero attached hydrogens (tertiary/aromatic N) is 2. The van der Waals surface area contributed by atoms with Crippen LogP contribution in [0, 0.1) is 0 Å². The van der Waals surface area contributed by atoms with Gasteiger partial charge in [0.1, 0.15) is 16.5 Å². The summed E-state index contributed by atoms with van der Waals surface area (Å²) in [6.45, 7) is 19.5. The van der Waals surface area contributed by atoms with Gasteiger partial charge in [0.2, 0.25) is 0 Å². The van der Waals surface area contributed by atoms with Gasteiger partial charge in [0.15, 0.2) is 0 Å². The molecule has 0 saturated carbocycles. The van der Waals surface area contributed by atoms with Gasteiger partial charge in [0, 0.05) is 0 Å². The molecule has 0 heterocycles. The Morgan fingerprint density at radius 1 is 0.812 bits per heavy atom. The van der Waals surface area contributed by atoms with E-state index in [4.69, 9.17) is 0 Å². The lowest BCUT2D eigenvalue weighted by Gasteiger charge is -2.48. The quantitative estimate of drug-likeness (QED) is 0.677. The topological polar surface area (TPSA) is 6.48 Å². The third-order valence-corrected chi connectivity index (χ3v) is 18.1. The number of rotatable bonds is 6. The van der Waals surface area contributed by atoms with Gasteiger partial charge in [0.05, 0.1) is 0 Å². The SMILES string of the molecule is CCN(C)[Si](C)(C)C(C)[Si](C)(C)N(C)CC. The van der Waals surface area contributed by atoms with Gasteiger partial charge < -0.3 is 9.13 Å². The molecule has 0 aliphatic rings. The molecule has 0 aromatic heterocycles. The molecule has 0 N–H and O–H groups in total. The molecular formula is C12H32N2Si2. The average Bonchev–Trinajstić information content (AvgIpc) is 2.25. The second-order valence-corrected chi connectivity index (χ2v) is 16.5. The Morgan fingerprint density at radius 2 is 1.06 bits per heavy atom. The van der Waals surface area contributed by atoms with Crippen LogP contribution in [-0.4, -0.2) is 52.8 Å². The second kappa shape index (κ2) is 5.80. The summed E-state index contributed by atoms with van der Waals surface area (Å²) >= 11 is 0. The smallest absolute Gasteiger partial charge is 0.123 e. The molecule has 98 valence electrons. The van der Waals surface area contributed by atoms with Crippen LogP contribution < -0.4 is 0 Å². The molecule has 0 unspecified atom stereocenters. The zero-order chi connectivity index (χ0) is 13.1. The normalized spacial score (nSPS) is 14.2. The average molecular weight is 261 g/mol. The van der Waals surface area contributed by atoms with Gasteiger partial charge in [-0.1, -0.05) is 47.0 Å². The van der Waals surface area contributed by atoms with E-state index in [1.807, 2.05) is 0 Å². The molecule has 0 rings (SSSR count). The van der Waals surface area contributed by atoms with Crippen LogP contribution in [0.25, 0.3) is 0 Å². The van der Waals surface area contributed by atoms with E-state index in [0.717, 1.165) is 5.16 Å². The summed E-state index contributed by atoms with van der Waals surface area (Å²) in [6.07, 6.45) is 0. The monoisotopic (exact) mass is 260 g/mol. The standard InChI is InChI=1S/C12H32N2Si2/c1-10-13(4)15(6,7)12(3)16(8,9)14(5)11-2/h12H,10-11H2,1-9H3. The third-order valence-electron chi connectivity index (χ3n) is 5.04. The van der Waals surface area contributed by atoms with Crippen molar-refractivity contribution < 1.29 is 0 Å². The minimum absolute atomic E-state index is 0.884. The molecule has 0 aromatic carbocycles. The van der Waals surface area contributed by atoms with E-state index in [1.54, 1.807) is 0 Å². The molecular weight excluding hydrogens is 228 g/mol. The third kappa shape index (κ3) is 3.18. The zero-order valence-electron chi connectivity index (χ0n) is 12.9. The molecule has 0 aliphatic carbocycles. The molecule has 0 radical (unpaired) electrons. The summed E-state index contributed by atoms with van der Waals surface area (Å²) in [5, 5.41) is 0.884. The van der Waals surface area contributed by atoms with Gasteiger partial charge in [-0.2, -0.15) is 0 Å². The Bertz CT molecular complexity index is 195. The van der Waals surface area contributed by atoms with Crippen molar-refractivity contribution in [2.45, 2.75) is 52.1 Å². The highest BCUT2D eigenvalue weighted by Crippen LogP contribution is 2.34. The van der Waals surface area contributed by atoms with Crippen LogP contribution in [0.2, 0.25) is 31.4 Å². The maximum atomic E-state index is 2.62. The summed E-state index contributed by atoms with van der Waals surface area (Å²) in [4.78, 5) is 0. The number of hydrogen-bond donors (Lipinski definition) is 0. The van der Waals surface area contributed by atoms with E-state index in [9.17, 15) is 0 Å². The number of hydrogen-bond acceptors (Lipinski definition) is 2. The van der Waals surface area contributed by atoms with Crippen LogP contribution >= 0.6 is 0 Å². The van der Waals surface area contributed by atoms with E-state index in [0.29, 0.717) is 0 Å². The predicted molar refractivity (Wildman–Crippen MR) is 81.0 cm³/mol. The maximum absolute atomic E-state index is 2.62. The fourth-order valence-corrected chi connectivity index (χ4v) is 13.5. The first kappa shape index (κ1) is 16.4. The second-order valence-electron chi connectivity index (χ2n) is 6.06. The molecule has 0 aromatic rings. The molecule has 0 aliphatic heterocycles. The van der Waals surface area contributed by atoms with Crippen molar-refractivity contribution in [3.8, 4) is 0 Å². The highest BCUT2D eigenvalue weighted by Gasteiger charge is 2.44. The van der Waals surface area contributed by atoms with Gasteiger partial charge in [-0.15, -0.1) is 0 Å². The molecule has 0 fully saturated rings. The van der Waals surface area contributed by atoms with Crippen LogP contribution in [0.4, 0.5) is 0 Å². The van der Waals surface area contributed by atoms with E-state index in [2.05, 4.69) is 70.2 Å². The van der Waals surface area contributed by atoms with Gasteiger partial charge >= 0.3 is 0 Å². The van der Waals surface area contributed by atoms with Gasteiger partial charge in [0.25, 0.3) is 0 Å². The largest absolute Gasteiger partial charge is 0.327 e. The van der Waals surface area contributed by atoms with E-state index < -0.39 is 16.5 Å². The molecule has 0 amide bonds. The van der Waals surface area contributed by atoms with Crippen molar-refractivity contribution in [2.24, 2.45) is 0 Å². The van der Waals surface area contributed by atoms with Crippen LogP contribution in [0.1, 0.15) is 20.8 Å². The van der Waals surface area contributed by atoms with Gasteiger partial charge in [-0.25, -0.2) is 0 Å². The van der Waals surface area contributed by atoms with Crippen molar-refractivity contribution in [2.75, 3.05) is 27.2 Å². The fraction of sp³-hybridized carbons (Fsp3) is 1.00. The Balaban J connectivity index is 4.96. The van der Waals surface area contributed by atoms with Gasteiger partial charge in [-0.05, 0) is 32.3 Å². The summed E-state index contributed by atoms with van der Waals surface area (Å²) in [7, 11) is 2.07. The Labute approximate surface area is 105 Å². The zero-order valence-corrected chi connectivity index (χ0v) is 14.9. The molecule has 0 bridgehead atoms. The summed E-state index contributed by atoms with van der Waals surface area (Å²) in [6, 6.07) is 0. The van der Waals surface area contributed by atoms with E-state index in [1.165, 1.54) is 13.1 Å². The lowest BCUT2D eigenvalue weighted by molar-refractivity contribution is 0.506. The fourth-order valence-electron chi connectivity index (χ4n) is 2.34. The molecule has 4 heteroatoms. The molecule has 0 atom stereocenters. The van der Waals surface area contributed by atoms with Crippen LogP contribution in [-0.2, 0) is 0 Å². The van der Waals surface area contributed by atoms with Crippen LogP contribution in [0.3, 0.4) is 0 Å². The van der Waals surface area contributed by atoms with Crippen molar-refractivity contribution in [3.05, 3.63) is 0 Å². The molecule has 16 heavy (non-hydrogen) atoms. The lowest BCUT2D eigenvalue weighted by Crippen LogP contribution is -2.61. The molecule has 0 saturated heterocycles. The highest BCUT2D eigenvalue weighted by atomic mass is 28.4. The first-order valence-electron chi connectivity index (χ1n) is 6.54. The van der Waals surface area contributed by atoms with Crippen LogP contribution in [0.15, 0.2) is 0 Å². The first-order valence-corrected chi connectivity index (χ1v) is 12.6. The lowest BCUT2D eigenvalue weighted by atomic mass is 10.8. The Hall–Kier alpha value is 0.354.